The van der Waals surface area contributed by atoms with Crippen LogP contribution in [-0.2, 0) is 11.3 Å². The molecule has 0 aliphatic rings. The van der Waals surface area contributed by atoms with Crippen molar-refractivity contribution in [3.8, 4) is 10.7 Å². The van der Waals surface area contributed by atoms with Crippen LogP contribution in [0.1, 0.15) is 11.1 Å². The molecule has 146 valence electrons. The zero-order valence-corrected chi connectivity index (χ0v) is 17.5. The van der Waals surface area contributed by atoms with Crippen LogP contribution >= 0.6 is 23.1 Å². The van der Waals surface area contributed by atoms with Gasteiger partial charge in [-0.2, -0.15) is 0 Å². The van der Waals surface area contributed by atoms with Gasteiger partial charge in [-0.1, -0.05) is 66.4 Å². The van der Waals surface area contributed by atoms with E-state index in [9.17, 15) is 4.79 Å². The molecule has 0 spiro atoms. The fourth-order valence-electron chi connectivity index (χ4n) is 2.92. The zero-order valence-electron chi connectivity index (χ0n) is 15.9. The van der Waals surface area contributed by atoms with Gasteiger partial charge in [0.25, 0.3) is 0 Å². The number of thiophene rings is 1. The third-order valence-corrected chi connectivity index (χ3v) is 6.23. The Labute approximate surface area is 177 Å². The number of hydrogen-bond donors (Lipinski definition) is 1. The Morgan fingerprint density at radius 1 is 1.03 bits per heavy atom. The first-order chi connectivity index (χ1) is 14.2. The molecule has 0 saturated carbocycles. The number of hydrogen-bond acceptors (Lipinski definition) is 5. The standard InChI is InChI=1S/C22H20N4OS2/c1-16-8-5-6-11-18(16)23-20(27)15-29-22-25-24-21(19-12-7-13-28-19)26(22)14-17-9-3-2-4-10-17/h2-13H,14-15H2,1H3,(H,23,27). The zero-order chi connectivity index (χ0) is 20.1. The summed E-state index contributed by atoms with van der Waals surface area (Å²) in [7, 11) is 0. The number of carbonyl (C=O) groups excluding carboxylic acids is 1. The second-order valence-electron chi connectivity index (χ2n) is 6.51. The molecule has 5 nitrogen and oxygen atoms in total. The fourth-order valence-corrected chi connectivity index (χ4v) is 4.38. The molecule has 0 aliphatic carbocycles. The van der Waals surface area contributed by atoms with E-state index in [1.54, 1.807) is 11.3 Å². The van der Waals surface area contributed by atoms with Crippen molar-refractivity contribution in [3.63, 3.8) is 0 Å². The van der Waals surface area contributed by atoms with Crippen molar-refractivity contribution in [2.45, 2.75) is 18.6 Å². The molecule has 0 bridgehead atoms. The van der Waals surface area contributed by atoms with Gasteiger partial charge in [0.15, 0.2) is 11.0 Å². The summed E-state index contributed by atoms with van der Waals surface area (Å²) >= 11 is 3.03. The minimum absolute atomic E-state index is 0.0590. The van der Waals surface area contributed by atoms with Gasteiger partial charge in [-0.05, 0) is 35.6 Å². The van der Waals surface area contributed by atoms with Crippen LogP contribution in [0.4, 0.5) is 5.69 Å². The number of rotatable bonds is 7. The Hall–Kier alpha value is -2.90. The monoisotopic (exact) mass is 420 g/mol. The third kappa shape index (κ3) is 4.75. The number of aromatic nitrogens is 3. The van der Waals surface area contributed by atoms with Gasteiger partial charge in [-0.15, -0.1) is 21.5 Å². The lowest BCUT2D eigenvalue weighted by molar-refractivity contribution is -0.113. The summed E-state index contributed by atoms with van der Waals surface area (Å²) in [5, 5.41) is 14.5. The normalized spacial score (nSPS) is 10.8. The van der Waals surface area contributed by atoms with Crippen LogP contribution in [0.2, 0.25) is 0 Å². The Morgan fingerprint density at radius 2 is 1.83 bits per heavy atom. The number of carbonyl (C=O) groups is 1. The molecule has 4 rings (SSSR count). The number of amides is 1. The van der Waals surface area contributed by atoms with Crippen molar-refractivity contribution < 1.29 is 4.79 Å². The summed E-state index contributed by atoms with van der Waals surface area (Å²) in [5.41, 5.74) is 3.04. The predicted molar refractivity (Wildman–Crippen MR) is 119 cm³/mol. The highest BCUT2D eigenvalue weighted by atomic mass is 32.2. The Balaban J connectivity index is 1.52. The summed E-state index contributed by atoms with van der Waals surface area (Å²) in [6.07, 6.45) is 0. The lowest BCUT2D eigenvalue weighted by Crippen LogP contribution is -2.15. The molecule has 2 aromatic carbocycles. The topological polar surface area (TPSA) is 59.8 Å². The molecule has 0 aliphatic heterocycles. The number of thioether (sulfide) groups is 1. The summed E-state index contributed by atoms with van der Waals surface area (Å²) in [4.78, 5) is 13.5. The van der Waals surface area contributed by atoms with E-state index in [-0.39, 0.29) is 11.7 Å². The van der Waals surface area contributed by atoms with E-state index in [4.69, 9.17) is 0 Å². The van der Waals surface area contributed by atoms with E-state index in [0.29, 0.717) is 6.54 Å². The first kappa shape index (κ1) is 19.4. The molecule has 1 amide bonds. The van der Waals surface area contributed by atoms with E-state index in [0.717, 1.165) is 32.7 Å². The quantitative estimate of drug-likeness (QED) is 0.423. The lowest BCUT2D eigenvalue weighted by Gasteiger charge is -2.10. The minimum Gasteiger partial charge on any atom is -0.325 e. The van der Waals surface area contributed by atoms with Crippen LogP contribution in [0.25, 0.3) is 10.7 Å². The van der Waals surface area contributed by atoms with Gasteiger partial charge in [0.1, 0.15) is 0 Å². The van der Waals surface area contributed by atoms with Gasteiger partial charge in [0, 0.05) is 5.69 Å². The summed E-state index contributed by atoms with van der Waals surface area (Å²) < 4.78 is 2.08. The maximum Gasteiger partial charge on any atom is 0.234 e. The van der Waals surface area contributed by atoms with Crippen LogP contribution < -0.4 is 5.32 Å². The fraction of sp³-hybridized carbons (Fsp3) is 0.136. The first-order valence-corrected chi connectivity index (χ1v) is 11.1. The molecule has 29 heavy (non-hydrogen) atoms. The average Bonchev–Trinajstić information content (AvgIpc) is 3.39. The molecule has 0 unspecified atom stereocenters. The highest BCUT2D eigenvalue weighted by Gasteiger charge is 2.17. The summed E-state index contributed by atoms with van der Waals surface area (Å²) in [6, 6.07) is 22.0. The number of para-hydroxylation sites is 1. The van der Waals surface area contributed by atoms with Gasteiger partial charge in [0.2, 0.25) is 5.91 Å². The molecule has 0 atom stereocenters. The van der Waals surface area contributed by atoms with Crippen molar-refractivity contribution >= 4 is 34.7 Å². The number of nitrogens with one attached hydrogen (secondary N) is 1. The maximum atomic E-state index is 12.5. The molecule has 0 fully saturated rings. The van der Waals surface area contributed by atoms with E-state index >= 15 is 0 Å². The third-order valence-electron chi connectivity index (χ3n) is 4.39. The van der Waals surface area contributed by atoms with E-state index in [1.165, 1.54) is 11.8 Å². The van der Waals surface area contributed by atoms with Gasteiger partial charge in [-0.3, -0.25) is 9.36 Å². The summed E-state index contributed by atoms with van der Waals surface area (Å²) in [5.74, 6) is 1.04. The van der Waals surface area contributed by atoms with Gasteiger partial charge >= 0.3 is 0 Å². The van der Waals surface area contributed by atoms with E-state index in [2.05, 4.69) is 32.2 Å². The molecular formula is C22H20N4OS2. The number of nitrogens with zero attached hydrogens (tertiary/aromatic N) is 3. The molecule has 4 aromatic rings. The Bertz CT molecular complexity index is 1090. The van der Waals surface area contributed by atoms with Gasteiger partial charge < -0.3 is 5.32 Å². The van der Waals surface area contributed by atoms with Crippen LogP contribution in [0.3, 0.4) is 0 Å². The van der Waals surface area contributed by atoms with Crippen molar-refractivity contribution in [2.24, 2.45) is 0 Å². The van der Waals surface area contributed by atoms with E-state index < -0.39 is 0 Å². The summed E-state index contributed by atoms with van der Waals surface area (Å²) in [6.45, 7) is 2.63. The van der Waals surface area contributed by atoms with Crippen LogP contribution in [0, 0.1) is 6.92 Å². The van der Waals surface area contributed by atoms with Crippen LogP contribution in [0.5, 0.6) is 0 Å². The first-order valence-electron chi connectivity index (χ1n) is 9.20. The molecule has 2 aromatic heterocycles. The highest BCUT2D eigenvalue weighted by molar-refractivity contribution is 7.99. The lowest BCUT2D eigenvalue weighted by atomic mass is 10.2. The molecule has 2 heterocycles. The maximum absolute atomic E-state index is 12.5. The number of benzene rings is 2. The van der Waals surface area contributed by atoms with Crippen molar-refractivity contribution in [1.82, 2.24) is 14.8 Å². The van der Waals surface area contributed by atoms with Crippen molar-refractivity contribution in [1.29, 1.82) is 0 Å². The molecule has 0 radical (unpaired) electrons. The largest absolute Gasteiger partial charge is 0.325 e. The minimum atomic E-state index is -0.0590. The van der Waals surface area contributed by atoms with Crippen molar-refractivity contribution in [3.05, 3.63) is 83.2 Å². The highest BCUT2D eigenvalue weighted by Crippen LogP contribution is 2.28. The predicted octanol–water partition coefficient (Wildman–Crippen LogP) is 5.09. The van der Waals surface area contributed by atoms with E-state index in [1.807, 2.05) is 66.9 Å². The molecule has 7 heteroatoms. The Morgan fingerprint density at radius 3 is 2.59 bits per heavy atom. The Kier molecular flexibility index (Phi) is 6.07. The van der Waals surface area contributed by atoms with Crippen LogP contribution in [0.15, 0.2) is 77.3 Å². The smallest absolute Gasteiger partial charge is 0.234 e. The van der Waals surface area contributed by atoms with Crippen LogP contribution in [-0.4, -0.2) is 26.4 Å². The van der Waals surface area contributed by atoms with Gasteiger partial charge in [0.05, 0.1) is 17.2 Å². The molecule has 1 N–H and O–H groups in total. The SMILES string of the molecule is Cc1ccccc1NC(=O)CSc1nnc(-c2cccs2)n1Cc1ccccc1. The number of aryl methyl sites for hydroxylation is 1. The second kappa shape index (κ2) is 9.07. The average molecular weight is 421 g/mol. The molecule has 0 saturated heterocycles. The van der Waals surface area contributed by atoms with Gasteiger partial charge in [-0.25, -0.2) is 0 Å². The second-order valence-corrected chi connectivity index (χ2v) is 8.40. The molecular weight excluding hydrogens is 400 g/mol. The van der Waals surface area contributed by atoms with Crippen molar-refractivity contribution in [2.75, 3.05) is 11.1 Å². The number of anilines is 1.